The second-order valence-corrected chi connectivity index (χ2v) is 6.97. The standard InChI is InChI=1S/C17H16FN5O2S/c1-10-20-21-17-23(10)22-14(11-4-6-12(18)7-5-11)15(26-17)16(24)19-9-13-3-2-8-25-13/h2-8,14-15,22H,9H2,1H3,(H,19,24)/t14-,15+/m0/s1. The van der Waals surface area contributed by atoms with Crippen molar-refractivity contribution in [2.75, 3.05) is 5.43 Å². The number of fused-ring (bicyclic) bond motifs is 1. The van der Waals surface area contributed by atoms with Gasteiger partial charge in [-0.15, -0.1) is 10.2 Å². The predicted molar refractivity (Wildman–Crippen MR) is 93.5 cm³/mol. The number of thioether (sulfide) groups is 1. The third-order valence-corrected chi connectivity index (χ3v) is 5.32. The summed E-state index contributed by atoms with van der Waals surface area (Å²) < 4.78 is 20.3. The number of halogens is 1. The van der Waals surface area contributed by atoms with Gasteiger partial charge in [-0.05, 0) is 36.8 Å². The van der Waals surface area contributed by atoms with Gasteiger partial charge in [0.05, 0.1) is 18.8 Å². The summed E-state index contributed by atoms with van der Waals surface area (Å²) in [5.41, 5.74) is 4.07. The lowest BCUT2D eigenvalue weighted by Crippen LogP contribution is -2.43. The molecule has 2 aromatic heterocycles. The lowest BCUT2D eigenvalue weighted by atomic mass is 10.0. The first-order valence-corrected chi connectivity index (χ1v) is 8.90. The third-order valence-electron chi connectivity index (χ3n) is 4.10. The van der Waals surface area contributed by atoms with Crippen molar-refractivity contribution in [3.63, 3.8) is 0 Å². The Morgan fingerprint density at radius 2 is 2.15 bits per heavy atom. The van der Waals surface area contributed by atoms with Crippen LogP contribution in [0.1, 0.15) is 23.2 Å². The second kappa shape index (κ2) is 6.83. The van der Waals surface area contributed by atoms with E-state index in [2.05, 4.69) is 20.9 Å². The van der Waals surface area contributed by atoms with Crippen LogP contribution in [0.25, 0.3) is 0 Å². The number of nitrogens with one attached hydrogen (secondary N) is 2. The molecule has 3 heterocycles. The Hall–Kier alpha value is -2.81. The van der Waals surface area contributed by atoms with Crippen molar-refractivity contribution in [3.05, 3.63) is 65.6 Å². The maximum Gasteiger partial charge on any atom is 0.236 e. The van der Waals surface area contributed by atoms with Crippen molar-refractivity contribution in [3.8, 4) is 0 Å². The van der Waals surface area contributed by atoms with Crippen molar-refractivity contribution in [2.45, 2.75) is 29.9 Å². The molecule has 134 valence electrons. The molecule has 7 nitrogen and oxygen atoms in total. The molecule has 2 atom stereocenters. The first-order valence-electron chi connectivity index (χ1n) is 8.02. The molecule has 26 heavy (non-hydrogen) atoms. The number of furan rings is 1. The summed E-state index contributed by atoms with van der Waals surface area (Å²) in [5, 5.41) is 11.1. The van der Waals surface area contributed by atoms with Crippen LogP contribution in [-0.2, 0) is 11.3 Å². The maximum absolute atomic E-state index is 13.3. The van der Waals surface area contributed by atoms with Gasteiger partial charge in [-0.3, -0.25) is 4.79 Å². The molecule has 0 bridgehead atoms. The molecule has 1 aliphatic rings. The molecule has 3 aromatic rings. The Morgan fingerprint density at radius 1 is 1.35 bits per heavy atom. The number of aryl methyl sites for hydroxylation is 1. The van der Waals surface area contributed by atoms with E-state index in [1.165, 1.54) is 23.9 Å². The van der Waals surface area contributed by atoms with Crippen LogP contribution in [0.3, 0.4) is 0 Å². The lowest BCUT2D eigenvalue weighted by molar-refractivity contribution is -0.121. The van der Waals surface area contributed by atoms with Crippen LogP contribution in [-0.4, -0.2) is 26.0 Å². The lowest BCUT2D eigenvalue weighted by Gasteiger charge is -2.32. The Bertz CT molecular complexity index is 910. The number of amides is 1. The molecule has 9 heteroatoms. The summed E-state index contributed by atoms with van der Waals surface area (Å²) in [6.45, 7) is 2.12. The summed E-state index contributed by atoms with van der Waals surface area (Å²) in [6.07, 6.45) is 1.56. The maximum atomic E-state index is 13.3. The summed E-state index contributed by atoms with van der Waals surface area (Å²) in [7, 11) is 0. The highest BCUT2D eigenvalue weighted by atomic mass is 32.2. The van der Waals surface area contributed by atoms with E-state index in [9.17, 15) is 9.18 Å². The Morgan fingerprint density at radius 3 is 2.88 bits per heavy atom. The van der Waals surface area contributed by atoms with E-state index in [-0.39, 0.29) is 17.8 Å². The number of nitrogens with zero attached hydrogens (tertiary/aromatic N) is 3. The van der Waals surface area contributed by atoms with Gasteiger partial charge in [0.15, 0.2) is 0 Å². The molecule has 2 N–H and O–H groups in total. The minimum absolute atomic E-state index is 0.167. The zero-order valence-electron chi connectivity index (χ0n) is 13.8. The summed E-state index contributed by atoms with van der Waals surface area (Å²) in [6, 6.07) is 9.31. The van der Waals surface area contributed by atoms with Gasteiger partial charge in [0.1, 0.15) is 22.7 Å². The van der Waals surface area contributed by atoms with Gasteiger partial charge in [0, 0.05) is 0 Å². The van der Waals surface area contributed by atoms with E-state index in [1.807, 2.05) is 6.92 Å². The average Bonchev–Trinajstić information content (AvgIpc) is 3.29. The summed E-state index contributed by atoms with van der Waals surface area (Å²) >= 11 is 1.32. The first kappa shape index (κ1) is 16.6. The average molecular weight is 373 g/mol. The predicted octanol–water partition coefficient (Wildman–Crippen LogP) is 2.39. The molecular weight excluding hydrogens is 357 g/mol. The van der Waals surface area contributed by atoms with Crippen LogP contribution in [0, 0.1) is 12.7 Å². The van der Waals surface area contributed by atoms with E-state index in [0.717, 1.165) is 5.56 Å². The fraction of sp³-hybridized carbons (Fsp3) is 0.235. The third kappa shape index (κ3) is 3.17. The van der Waals surface area contributed by atoms with Crippen molar-refractivity contribution >= 4 is 17.7 Å². The number of hydrogen-bond acceptors (Lipinski definition) is 6. The van der Waals surface area contributed by atoms with Gasteiger partial charge < -0.3 is 15.2 Å². The van der Waals surface area contributed by atoms with Gasteiger partial charge in [0.25, 0.3) is 0 Å². The highest BCUT2D eigenvalue weighted by molar-refractivity contribution is 8.00. The molecular formula is C17H16FN5O2S. The minimum Gasteiger partial charge on any atom is -0.467 e. The highest BCUT2D eigenvalue weighted by Crippen LogP contribution is 2.37. The molecule has 1 aliphatic heterocycles. The smallest absolute Gasteiger partial charge is 0.236 e. The van der Waals surface area contributed by atoms with Gasteiger partial charge >= 0.3 is 0 Å². The van der Waals surface area contributed by atoms with Gasteiger partial charge in [-0.2, -0.15) is 0 Å². The molecule has 0 fully saturated rings. The zero-order chi connectivity index (χ0) is 18.1. The number of aromatic nitrogens is 3. The number of benzene rings is 1. The largest absolute Gasteiger partial charge is 0.467 e. The minimum atomic E-state index is -0.494. The number of hydrogen-bond donors (Lipinski definition) is 2. The molecule has 0 radical (unpaired) electrons. The SMILES string of the molecule is Cc1nnc2n1N[C@@H](c1ccc(F)cc1)[C@H](C(=O)NCc1ccco1)S2. The normalized spacial score (nSPS) is 18.8. The van der Waals surface area contributed by atoms with Crippen LogP contribution in [0.5, 0.6) is 0 Å². The number of rotatable bonds is 4. The Balaban J connectivity index is 1.60. The number of carbonyl (C=O) groups excluding carboxylic acids is 1. The van der Waals surface area contributed by atoms with Crippen LogP contribution in [0.2, 0.25) is 0 Å². The summed E-state index contributed by atoms with van der Waals surface area (Å²) in [4.78, 5) is 12.8. The molecule has 0 aliphatic carbocycles. The first-order chi connectivity index (χ1) is 12.6. The van der Waals surface area contributed by atoms with Crippen molar-refractivity contribution in [2.24, 2.45) is 0 Å². The number of carbonyl (C=O) groups is 1. The molecule has 0 spiro atoms. The topological polar surface area (TPSA) is 85.0 Å². The zero-order valence-corrected chi connectivity index (χ0v) is 14.7. The highest BCUT2D eigenvalue weighted by Gasteiger charge is 2.37. The Kier molecular flexibility index (Phi) is 4.37. The van der Waals surface area contributed by atoms with Gasteiger partial charge in [-0.25, -0.2) is 9.07 Å². The van der Waals surface area contributed by atoms with E-state index in [0.29, 0.717) is 23.3 Å². The quantitative estimate of drug-likeness (QED) is 0.731. The monoisotopic (exact) mass is 373 g/mol. The molecule has 1 aromatic carbocycles. The molecule has 4 rings (SSSR count). The molecule has 0 saturated heterocycles. The summed E-state index contributed by atoms with van der Waals surface area (Å²) in [5.74, 6) is 0.871. The molecule has 0 unspecified atom stereocenters. The molecule has 1 amide bonds. The van der Waals surface area contributed by atoms with Gasteiger partial charge in [-0.1, -0.05) is 23.9 Å². The fourth-order valence-corrected chi connectivity index (χ4v) is 3.92. The van der Waals surface area contributed by atoms with Crippen LogP contribution < -0.4 is 10.7 Å². The van der Waals surface area contributed by atoms with Crippen LogP contribution >= 0.6 is 11.8 Å². The van der Waals surface area contributed by atoms with Crippen LogP contribution in [0.15, 0.2) is 52.2 Å². The molecule has 0 saturated carbocycles. The second-order valence-electron chi connectivity index (χ2n) is 5.86. The Labute approximate surface area is 153 Å². The fourth-order valence-electron chi connectivity index (χ4n) is 2.77. The van der Waals surface area contributed by atoms with E-state index >= 15 is 0 Å². The van der Waals surface area contributed by atoms with E-state index in [1.54, 1.807) is 35.2 Å². The van der Waals surface area contributed by atoms with Crippen molar-refractivity contribution in [1.82, 2.24) is 20.2 Å². The van der Waals surface area contributed by atoms with Crippen molar-refractivity contribution < 1.29 is 13.6 Å². The van der Waals surface area contributed by atoms with Crippen molar-refractivity contribution in [1.29, 1.82) is 0 Å². The van der Waals surface area contributed by atoms with Gasteiger partial charge in [0.2, 0.25) is 11.1 Å². The van der Waals surface area contributed by atoms with Crippen LogP contribution in [0.4, 0.5) is 4.39 Å². The van der Waals surface area contributed by atoms with E-state index in [4.69, 9.17) is 4.42 Å². The van der Waals surface area contributed by atoms with E-state index < -0.39 is 5.25 Å².